The monoisotopic (exact) mass is 247 g/mol. The summed E-state index contributed by atoms with van der Waals surface area (Å²) in [6.07, 6.45) is 0. The van der Waals surface area contributed by atoms with Crippen LogP contribution in [0.2, 0.25) is 0 Å². The average molecular weight is 247 g/mol. The van der Waals surface area contributed by atoms with Crippen molar-refractivity contribution in [1.29, 1.82) is 0 Å². The molecule has 1 heteroatoms. The Balaban J connectivity index is 2.24. The fourth-order valence-electron chi connectivity index (χ4n) is 2.52. The van der Waals surface area contributed by atoms with Crippen LogP contribution in [0, 0.1) is 20.8 Å². The average Bonchev–Trinajstić information content (AvgIpc) is 2.42. The minimum atomic E-state index is 1.05. The van der Waals surface area contributed by atoms with E-state index in [1.807, 2.05) is 12.1 Å². The number of nitrogens with zero attached hydrogens (tertiary/aromatic N) is 1. The van der Waals surface area contributed by atoms with Gasteiger partial charge in [0.05, 0.1) is 11.2 Å². The van der Waals surface area contributed by atoms with Crippen LogP contribution in [0.1, 0.15) is 16.7 Å². The van der Waals surface area contributed by atoms with Crippen molar-refractivity contribution in [2.24, 2.45) is 0 Å². The lowest BCUT2D eigenvalue weighted by Crippen LogP contribution is -1.92. The van der Waals surface area contributed by atoms with Crippen LogP contribution in [0.25, 0.3) is 22.2 Å². The smallest absolute Gasteiger partial charge is 0.0712 e. The SMILES string of the molecule is Cc1cc(C)c(C)c(-c2ccc3ccccc3n2)c1. The van der Waals surface area contributed by atoms with Crippen molar-refractivity contribution in [2.45, 2.75) is 20.8 Å². The second-order valence-electron chi connectivity index (χ2n) is 5.14. The number of hydrogen-bond acceptors (Lipinski definition) is 1. The van der Waals surface area contributed by atoms with Crippen molar-refractivity contribution in [2.75, 3.05) is 0 Å². The van der Waals surface area contributed by atoms with Crippen LogP contribution < -0.4 is 0 Å². The molecule has 2 aromatic carbocycles. The first-order valence-electron chi connectivity index (χ1n) is 6.59. The third-order valence-electron chi connectivity index (χ3n) is 3.69. The van der Waals surface area contributed by atoms with Crippen molar-refractivity contribution in [3.8, 4) is 11.3 Å². The van der Waals surface area contributed by atoms with Gasteiger partial charge in [0, 0.05) is 10.9 Å². The highest BCUT2D eigenvalue weighted by Crippen LogP contribution is 2.27. The Labute approximate surface area is 113 Å². The van der Waals surface area contributed by atoms with E-state index in [4.69, 9.17) is 4.98 Å². The molecule has 3 aromatic rings. The van der Waals surface area contributed by atoms with E-state index < -0.39 is 0 Å². The van der Waals surface area contributed by atoms with E-state index >= 15 is 0 Å². The normalized spacial score (nSPS) is 10.9. The first-order chi connectivity index (χ1) is 9.15. The predicted octanol–water partition coefficient (Wildman–Crippen LogP) is 4.83. The number of aromatic nitrogens is 1. The molecule has 0 amide bonds. The van der Waals surface area contributed by atoms with E-state index in [0.717, 1.165) is 11.2 Å². The summed E-state index contributed by atoms with van der Waals surface area (Å²) in [7, 11) is 0. The van der Waals surface area contributed by atoms with Crippen molar-refractivity contribution < 1.29 is 0 Å². The molecule has 0 radical (unpaired) electrons. The predicted molar refractivity (Wildman–Crippen MR) is 81.4 cm³/mol. The lowest BCUT2D eigenvalue weighted by Gasteiger charge is -2.10. The highest BCUT2D eigenvalue weighted by Gasteiger charge is 2.07. The molecule has 1 aromatic heterocycles. The Hall–Kier alpha value is -2.15. The topological polar surface area (TPSA) is 12.9 Å². The summed E-state index contributed by atoms with van der Waals surface area (Å²) in [4.78, 5) is 4.79. The zero-order valence-electron chi connectivity index (χ0n) is 11.6. The Bertz CT molecular complexity index is 757. The molecule has 94 valence electrons. The summed E-state index contributed by atoms with van der Waals surface area (Å²) >= 11 is 0. The molecular weight excluding hydrogens is 230 g/mol. The van der Waals surface area contributed by atoms with E-state index in [0.29, 0.717) is 0 Å². The van der Waals surface area contributed by atoms with E-state index in [1.54, 1.807) is 0 Å². The van der Waals surface area contributed by atoms with E-state index in [1.165, 1.54) is 27.6 Å². The molecule has 0 atom stereocenters. The first-order valence-corrected chi connectivity index (χ1v) is 6.59. The van der Waals surface area contributed by atoms with Crippen molar-refractivity contribution >= 4 is 10.9 Å². The summed E-state index contributed by atoms with van der Waals surface area (Å²) in [6.45, 7) is 6.46. The molecule has 0 saturated carbocycles. The number of para-hydroxylation sites is 1. The van der Waals surface area contributed by atoms with Crippen LogP contribution in [0.15, 0.2) is 48.5 Å². The number of fused-ring (bicyclic) bond motifs is 1. The number of rotatable bonds is 1. The molecule has 1 nitrogen and oxygen atoms in total. The molecule has 19 heavy (non-hydrogen) atoms. The largest absolute Gasteiger partial charge is 0.248 e. The molecule has 0 fully saturated rings. The van der Waals surface area contributed by atoms with Gasteiger partial charge in [0.25, 0.3) is 0 Å². The summed E-state index contributed by atoms with van der Waals surface area (Å²) in [6, 6.07) is 17.0. The molecule has 0 N–H and O–H groups in total. The van der Waals surface area contributed by atoms with Gasteiger partial charge >= 0.3 is 0 Å². The van der Waals surface area contributed by atoms with Crippen molar-refractivity contribution in [1.82, 2.24) is 4.98 Å². The van der Waals surface area contributed by atoms with Gasteiger partial charge < -0.3 is 0 Å². The zero-order chi connectivity index (χ0) is 13.4. The highest BCUT2D eigenvalue weighted by atomic mass is 14.7. The number of aryl methyl sites for hydroxylation is 2. The van der Waals surface area contributed by atoms with Gasteiger partial charge in [-0.15, -0.1) is 0 Å². The fourth-order valence-corrected chi connectivity index (χ4v) is 2.52. The van der Waals surface area contributed by atoms with Crippen LogP contribution in [-0.2, 0) is 0 Å². The van der Waals surface area contributed by atoms with Gasteiger partial charge in [-0.25, -0.2) is 4.98 Å². The van der Waals surface area contributed by atoms with Crippen LogP contribution in [0.5, 0.6) is 0 Å². The van der Waals surface area contributed by atoms with Crippen LogP contribution in [0.4, 0.5) is 0 Å². The Morgan fingerprint density at radius 3 is 2.47 bits per heavy atom. The second-order valence-corrected chi connectivity index (χ2v) is 5.14. The van der Waals surface area contributed by atoms with Crippen LogP contribution in [-0.4, -0.2) is 4.98 Å². The Morgan fingerprint density at radius 1 is 0.842 bits per heavy atom. The minimum Gasteiger partial charge on any atom is -0.248 e. The third kappa shape index (κ3) is 2.12. The van der Waals surface area contributed by atoms with Crippen LogP contribution >= 0.6 is 0 Å². The molecule has 0 aliphatic rings. The molecule has 0 aliphatic heterocycles. The molecule has 0 saturated heterocycles. The quantitative estimate of drug-likeness (QED) is 0.600. The van der Waals surface area contributed by atoms with Crippen LogP contribution in [0.3, 0.4) is 0 Å². The van der Waals surface area contributed by atoms with Gasteiger partial charge in [0.1, 0.15) is 0 Å². The lowest BCUT2D eigenvalue weighted by atomic mass is 9.97. The summed E-state index contributed by atoms with van der Waals surface area (Å²) in [5.74, 6) is 0. The van der Waals surface area contributed by atoms with Gasteiger partial charge in [-0.1, -0.05) is 35.9 Å². The molecule has 0 bridgehead atoms. The summed E-state index contributed by atoms with van der Waals surface area (Å²) < 4.78 is 0. The minimum absolute atomic E-state index is 1.05. The molecule has 0 unspecified atom stereocenters. The van der Waals surface area contributed by atoms with Crippen molar-refractivity contribution in [3.05, 3.63) is 65.2 Å². The summed E-state index contributed by atoms with van der Waals surface area (Å²) in [5, 5.41) is 1.19. The van der Waals surface area contributed by atoms with E-state index in [-0.39, 0.29) is 0 Å². The van der Waals surface area contributed by atoms with Gasteiger partial charge in [0.15, 0.2) is 0 Å². The van der Waals surface area contributed by atoms with Gasteiger partial charge in [-0.3, -0.25) is 0 Å². The van der Waals surface area contributed by atoms with Crippen molar-refractivity contribution in [3.63, 3.8) is 0 Å². The van der Waals surface area contributed by atoms with Gasteiger partial charge in [-0.2, -0.15) is 0 Å². The lowest BCUT2D eigenvalue weighted by molar-refractivity contribution is 1.28. The first kappa shape index (κ1) is 11.9. The Kier molecular flexibility index (Phi) is 2.83. The summed E-state index contributed by atoms with van der Waals surface area (Å²) in [5.41, 5.74) is 7.27. The second kappa shape index (κ2) is 4.51. The van der Waals surface area contributed by atoms with E-state index in [9.17, 15) is 0 Å². The molecule has 3 rings (SSSR count). The standard InChI is InChI=1S/C18H17N/c1-12-10-13(2)14(3)16(11-12)18-9-8-15-6-4-5-7-17(15)19-18/h4-11H,1-3H3. The maximum atomic E-state index is 4.79. The third-order valence-corrected chi connectivity index (χ3v) is 3.69. The maximum Gasteiger partial charge on any atom is 0.0712 e. The fraction of sp³-hybridized carbons (Fsp3) is 0.167. The zero-order valence-corrected chi connectivity index (χ0v) is 11.6. The Morgan fingerprint density at radius 2 is 1.63 bits per heavy atom. The highest BCUT2D eigenvalue weighted by molar-refractivity contribution is 5.82. The number of pyridine rings is 1. The molecular formula is C18H17N. The van der Waals surface area contributed by atoms with Gasteiger partial charge in [0.2, 0.25) is 0 Å². The van der Waals surface area contributed by atoms with Gasteiger partial charge in [-0.05, 0) is 50.1 Å². The number of hydrogen-bond donors (Lipinski definition) is 0. The van der Waals surface area contributed by atoms with E-state index in [2.05, 4.69) is 57.2 Å². The number of benzene rings is 2. The molecule has 0 spiro atoms. The molecule has 1 heterocycles. The maximum absolute atomic E-state index is 4.79. The molecule has 0 aliphatic carbocycles.